The summed E-state index contributed by atoms with van der Waals surface area (Å²) in [6.07, 6.45) is 7.36. The maximum atomic E-state index is 13.9. The largest absolute Gasteiger partial charge is 0.317 e. The summed E-state index contributed by atoms with van der Waals surface area (Å²) < 4.78 is 28.0. The van der Waals surface area contributed by atoms with E-state index in [9.17, 15) is 8.78 Å². The first-order chi connectivity index (χ1) is 9.60. The van der Waals surface area contributed by atoms with E-state index in [1.807, 2.05) is 7.05 Å². The maximum Gasteiger partial charge on any atom is 0.143 e. The van der Waals surface area contributed by atoms with Crippen LogP contribution in [0.3, 0.4) is 0 Å². The molecule has 1 aromatic carbocycles. The van der Waals surface area contributed by atoms with Gasteiger partial charge in [-0.3, -0.25) is 0 Å². The van der Waals surface area contributed by atoms with Crippen molar-refractivity contribution in [3.8, 4) is 0 Å². The highest BCUT2D eigenvalue weighted by Gasteiger charge is 2.16. The van der Waals surface area contributed by atoms with Crippen LogP contribution < -0.4 is 5.32 Å². The predicted molar refractivity (Wildman–Crippen MR) is 84.0 cm³/mol. The van der Waals surface area contributed by atoms with Crippen molar-refractivity contribution < 1.29 is 8.78 Å². The Hall–Kier alpha value is -0.480. The molecule has 0 saturated carbocycles. The third-order valence-corrected chi connectivity index (χ3v) is 4.27. The molecular weight excluding hydrogens is 324 g/mol. The summed E-state index contributed by atoms with van der Waals surface area (Å²) in [7, 11) is 1.85. The van der Waals surface area contributed by atoms with Crippen molar-refractivity contribution in [2.24, 2.45) is 0 Å². The van der Waals surface area contributed by atoms with Gasteiger partial charge in [-0.05, 0) is 48.0 Å². The minimum absolute atomic E-state index is 0.120. The fraction of sp³-hybridized carbons (Fsp3) is 0.625. The van der Waals surface area contributed by atoms with Gasteiger partial charge in [0, 0.05) is 11.6 Å². The van der Waals surface area contributed by atoms with Crippen LogP contribution in [0.1, 0.15) is 51.0 Å². The fourth-order valence-electron chi connectivity index (χ4n) is 2.35. The third-order valence-electron chi connectivity index (χ3n) is 3.65. The van der Waals surface area contributed by atoms with Crippen LogP contribution in [0.2, 0.25) is 0 Å². The van der Waals surface area contributed by atoms with Crippen LogP contribution in [0, 0.1) is 11.6 Å². The Bertz CT molecular complexity index is 410. The standard InChI is InChI=1S/C16H24BrF2N/c1-3-4-5-6-7-8-12(20-2)11-13-15(18)10-9-14(17)16(13)19/h9-10,12,20H,3-8,11H2,1-2H3. The number of halogens is 3. The molecule has 0 saturated heterocycles. The Labute approximate surface area is 129 Å². The van der Waals surface area contributed by atoms with E-state index in [1.165, 1.54) is 37.8 Å². The Morgan fingerprint density at radius 1 is 1.15 bits per heavy atom. The zero-order valence-electron chi connectivity index (χ0n) is 12.3. The predicted octanol–water partition coefficient (Wildman–Crippen LogP) is 5.22. The highest BCUT2D eigenvalue weighted by molar-refractivity contribution is 9.10. The zero-order chi connectivity index (χ0) is 15.0. The molecule has 1 rings (SSSR count). The van der Waals surface area contributed by atoms with Gasteiger partial charge in [0.25, 0.3) is 0 Å². The number of rotatable bonds is 9. The molecule has 0 aromatic heterocycles. The lowest BCUT2D eigenvalue weighted by Gasteiger charge is -2.17. The van der Waals surface area contributed by atoms with Crippen molar-refractivity contribution in [1.82, 2.24) is 5.32 Å². The Morgan fingerprint density at radius 2 is 1.85 bits per heavy atom. The molecule has 0 radical (unpaired) electrons. The van der Waals surface area contributed by atoms with Crippen molar-refractivity contribution in [2.45, 2.75) is 57.9 Å². The minimum Gasteiger partial charge on any atom is -0.317 e. The van der Waals surface area contributed by atoms with Gasteiger partial charge in [0.05, 0.1) is 4.47 Å². The second-order valence-corrected chi connectivity index (χ2v) is 6.07. The fourth-order valence-corrected chi connectivity index (χ4v) is 2.72. The summed E-state index contributed by atoms with van der Waals surface area (Å²) >= 11 is 3.11. The number of benzene rings is 1. The lowest BCUT2D eigenvalue weighted by atomic mass is 9.99. The Kier molecular flexibility index (Phi) is 8.31. The molecule has 1 atom stereocenters. The first-order valence-corrected chi connectivity index (χ1v) is 8.19. The van der Waals surface area contributed by atoms with Crippen molar-refractivity contribution >= 4 is 15.9 Å². The molecular formula is C16H24BrF2N. The van der Waals surface area contributed by atoms with E-state index in [4.69, 9.17) is 0 Å². The Morgan fingerprint density at radius 3 is 2.50 bits per heavy atom. The molecule has 1 aromatic rings. The highest BCUT2D eigenvalue weighted by atomic mass is 79.9. The van der Waals surface area contributed by atoms with Crippen molar-refractivity contribution in [1.29, 1.82) is 0 Å². The summed E-state index contributed by atoms with van der Waals surface area (Å²) in [5.41, 5.74) is 0.173. The van der Waals surface area contributed by atoms with E-state index < -0.39 is 11.6 Å². The number of unbranched alkanes of at least 4 members (excludes halogenated alkanes) is 4. The monoisotopic (exact) mass is 347 g/mol. The molecule has 0 spiro atoms. The van der Waals surface area contributed by atoms with E-state index in [1.54, 1.807) is 0 Å². The van der Waals surface area contributed by atoms with E-state index in [0.29, 0.717) is 10.9 Å². The van der Waals surface area contributed by atoms with E-state index in [0.717, 1.165) is 12.8 Å². The van der Waals surface area contributed by atoms with Crippen LogP contribution in [-0.4, -0.2) is 13.1 Å². The van der Waals surface area contributed by atoms with Gasteiger partial charge in [0.15, 0.2) is 0 Å². The van der Waals surface area contributed by atoms with E-state index in [-0.39, 0.29) is 11.6 Å². The van der Waals surface area contributed by atoms with Crippen LogP contribution >= 0.6 is 15.9 Å². The SMILES string of the molecule is CCCCCCCC(Cc1c(F)ccc(Br)c1F)NC. The number of hydrogen-bond donors (Lipinski definition) is 1. The third kappa shape index (κ3) is 5.49. The van der Waals surface area contributed by atoms with Crippen molar-refractivity contribution in [3.05, 3.63) is 33.8 Å². The summed E-state index contributed by atoms with van der Waals surface area (Å²) in [6.45, 7) is 2.19. The Balaban J connectivity index is 2.54. The van der Waals surface area contributed by atoms with Crippen LogP contribution in [0.4, 0.5) is 8.78 Å². The van der Waals surface area contributed by atoms with Crippen molar-refractivity contribution in [2.75, 3.05) is 7.05 Å². The maximum absolute atomic E-state index is 13.9. The molecule has 0 aliphatic rings. The molecule has 0 bridgehead atoms. The smallest absolute Gasteiger partial charge is 0.143 e. The van der Waals surface area contributed by atoms with Gasteiger partial charge in [-0.15, -0.1) is 0 Å². The molecule has 0 amide bonds. The zero-order valence-corrected chi connectivity index (χ0v) is 13.9. The molecule has 20 heavy (non-hydrogen) atoms. The second-order valence-electron chi connectivity index (χ2n) is 5.21. The van der Waals surface area contributed by atoms with Gasteiger partial charge in [0.2, 0.25) is 0 Å². The number of hydrogen-bond acceptors (Lipinski definition) is 1. The molecule has 4 heteroatoms. The van der Waals surface area contributed by atoms with Gasteiger partial charge in [-0.25, -0.2) is 8.78 Å². The summed E-state index contributed by atoms with van der Waals surface area (Å²) in [4.78, 5) is 0. The lowest BCUT2D eigenvalue weighted by molar-refractivity contribution is 0.459. The molecule has 0 fully saturated rings. The lowest BCUT2D eigenvalue weighted by Crippen LogP contribution is -2.28. The number of likely N-dealkylation sites (N-methyl/N-ethyl adjacent to an activating group) is 1. The van der Waals surface area contributed by atoms with Crippen LogP contribution in [0.5, 0.6) is 0 Å². The average molecular weight is 348 g/mol. The summed E-state index contributed by atoms with van der Waals surface area (Å²) in [5, 5.41) is 3.17. The highest BCUT2D eigenvalue weighted by Crippen LogP contribution is 2.23. The van der Waals surface area contributed by atoms with E-state index in [2.05, 4.69) is 28.2 Å². The molecule has 114 valence electrons. The van der Waals surface area contributed by atoms with Crippen molar-refractivity contribution in [3.63, 3.8) is 0 Å². The average Bonchev–Trinajstić information content (AvgIpc) is 2.45. The van der Waals surface area contributed by atoms with Crippen LogP contribution in [-0.2, 0) is 6.42 Å². The normalized spacial score (nSPS) is 12.7. The van der Waals surface area contributed by atoms with Gasteiger partial charge in [-0.1, -0.05) is 39.0 Å². The molecule has 0 aliphatic carbocycles. The topological polar surface area (TPSA) is 12.0 Å². The second kappa shape index (κ2) is 9.46. The van der Waals surface area contributed by atoms with E-state index >= 15 is 0 Å². The first kappa shape index (κ1) is 17.6. The summed E-state index contributed by atoms with van der Waals surface area (Å²) in [6, 6.07) is 2.85. The summed E-state index contributed by atoms with van der Waals surface area (Å²) in [5.74, 6) is -0.937. The number of nitrogens with one attached hydrogen (secondary N) is 1. The van der Waals surface area contributed by atoms with Gasteiger partial charge >= 0.3 is 0 Å². The molecule has 1 N–H and O–H groups in total. The van der Waals surface area contributed by atoms with Gasteiger partial charge in [-0.2, -0.15) is 0 Å². The van der Waals surface area contributed by atoms with Crippen LogP contribution in [0.15, 0.2) is 16.6 Å². The van der Waals surface area contributed by atoms with Gasteiger partial charge in [0.1, 0.15) is 11.6 Å². The first-order valence-electron chi connectivity index (χ1n) is 7.39. The molecule has 1 nitrogen and oxygen atoms in total. The minimum atomic E-state index is -0.476. The molecule has 1 unspecified atom stereocenters. The van der Waals surface area contributed by atoms with Crippen LogP contribution in [0.25, 0.3) is 0 Å². The molecule has 0 heterocycles. The molecule has 0 aliphatic heterocycles. The quantitative estimate of drug-likeness (QED) is 0.477. The van der Waals surface area contributed by atoms with Gasteiger partial charge < -0.3 is 5.32 Å².